The molecule has 2 N–H and O–H groups in total. The van der Waals surface area contributed by atoms with Crippen LogP contribution < -0.4 is 10.1 Å². The summed E-state index contributed by atoms with van der Waals surface area (Å²) in [5, 5.41) is 13.6. The Balaban J connectivity index is 1.98. The fraction of sp³-hybridized carbons (Fsp3) is 0.458. The number of nitrogens with one attached hydrogen (secondary N) is 1. The normalized spacial score (nSPS) is 21.6. The van der Waals surface area contributed by atoms with Gasteiger partial charge in [0.1, 0.15) is 11.5 Å². The zero-order valence-electron chi connectivity index (χ0n) is 17.7. The van der Waals surface area contributed by atoms with Crippen LogP contribution in [0.1, 0.15) is 66.8 Å². The highest BCUT2D eigenvalue weighted by molar-refractivity contribution is 5.97. The Labute approximate surface area is 173 Å². The van der Waals surface area contributed by atoms with Crippen LogP contribution in [0.15, 0.2) is 36.4 Å². The molecule has 1 amide bonds. The highest BCUT2D eigenvalue weighted by Gasteiger charge is 2.28. The van der Waals surface area contributed by atoms with Crippen molar-refractivity contribution in [1.29, 1.82) is 0 Å². The minimum atomic E-state index is -0.264. The predicted molar refractivity (Wildman–Crippen MR) is 114 cm³/mol. The van der Waals surface area contributed by atoms with Crippen LogP contribution in [0.5, 0.6) is 11.5 Å². The van der Waals surface area contributed by atoms with Gasteiger partial charge in [-0.3, -0.25) is 4.79 Å². The number of methoxy groups -OCH3 is 1. The first kappa shape index (κ1) is 21.2. The van der Waals surface area contributed by atoms with E-state index in [9.17, 15) is 9.90 Å². The summed E-state index contributed by atoms with van der Waals surface area (Å²) in [5.41, 5.74) is 3.02. The molecule has 0 spiro atoms. The molecule has 29 heavy (non-hydrogen) atoms. The summed E-state index contributed by atoms with van der Waals surface area (Å²) in [6, 6.07) is 11.5. The lowest BCUT2D eigenvalue weighted by atomic mass is 9.88. The van der Waals surface area contributed by atoms with Crippen LogP contribution in [0.25, 0.3) is 0 Å². The Morgan fingerprint density at radius 1 is 1.21 bits per heavy atom. The number of amides is 1. The molecule has 0 radical (unpaired) electrons. The zero-order chi connectivity index (χ0) is 21.0. The Morgan fingerprint density at radius 2 is 1.93 bits per heavy atom. The zero-order valence-corrected chi connectivity index (χ0v) is 17.7. The third-order valence-corrected chi connectivity index (χ3v) is 5.47. The summed E-state index contributed by atoms with van der Waals surface area (Å²) < 4.78 is 11.4. The topological polar surface area (TPSA) is 67.8 Å². The molecule has 1 heterocycles. The van der Waals surface area contributed by atoms with Gasteiger partial charge in [0.2, 0.25) is 0 Å². The fourth-order valence-corrected chi connectivity index (χ4v) is 4.07. The van der Waals surface area contributed by atoms with E-state index in [4.69, 9.17) is 9.47 Å². The summed E-state index contributed by atoms with van der Waals surface area (Å²) in [7, 11) is 1.63. The summed E-state index contributed by atoms with van der Waals surface area (Å²) in [4.78, 5) is 12.6. The quantitative estimate of drug-likeness (QED) is 0.746. The number of phenols is 1. The minimum absolute atomic E-state index is 0.0347. The molecule has 0 saturated carbocycles. The van der Waals surface area contributed by atoms with Gasteiger partial charge < -0.3 is 19.9 Å². The molecular formula is C24H31NO4. The predicted octanol–water partition coefficient (Wildman–Crippen LogP) is 4.62. The second-order valence-electron chi connectivity index (χ2n) is 7.97. The Hall–Kier alpha value is -2.53. The molecule has 0 bridgehead atoms. The van der Waals surface area contributed by atoms with Crippen molar-refractivity contribution in [3.63, 3.8) is 0 Å². The fourth-order valence-electron chi connectivity index (χ4n) is 4.07. The van der Waals surface area contributed by atoms with Gasteiger partial charge in [-0.05, 0) is 73.6 Å². The van der Waals surface area contributed by atoms with Crippen LogP contribution in [-0.2, 0) is 11.2 Å². The molecular weight excluding hydrogens is 366 g/mol. The molecule has 1 aliphatic rings. The first-order valence-corrected chi connectivity index (χ1v) is 10.3. The molecule has 5 heteroatoms. The number of hydrogen-bond donors (Lipinski definition) is 2. The molecule has 3 atom stereocenters. The van der Waals surface area contributed by atoms with Crippen molar-refractivity contribution in [3.05, 3.63) is 58.7 Å². The van der Waals surface area contributed by atoms with E-state index in [1.165, 1.54) is 0 Å². The van der Waals surface area contributed by atoms with Crippen molar-refractivity contribution in [1.82, 2.24) is 5.32 Å². The number of hydrogen-bond acceptors (Lipinski definition) is 4. The Morgan fingerprint density at radius 3 is 2.55 bits per heavy atom. The van der Waals surface area contributed by atoms with Crippen LogP contribution in [0.2, 0.25) is 0 Å². The van der Waals surface area contributed by atoms with Crippen molar-refractivity contribution in [2.45, 2.75) is 52.2 Å². The van der Waals surface area contributed by atoms with Gasteiger partial charge in [-0.15, -0.1) is 0 Å². The van der Waals surface area contributed by atoms with E-state index in [-0.39, 0.29) is 23.9 Å². The first-order valence-electron chi connectivity index (χ1n) is 10.3. The number of ether oxygens (including phenoxy) is 2. The van der Waals surface area contributed by atoms with Crippen molar-refractivity contribution in [2.24, 2.45) is 5.92 Å². The molecule has 156 valence electrons. The molecule has 1 aliphatic heterocycles. The molecule has 1 fully saturated rings. The standard InChI is InChI=1S/C24H31NO4/c1-5-25-24(27)21-14-18(22-11-15(2)10-16(3)29-22)13-19(23(21)26)12-17-6-8-20(28-4)9-7-17/h6-9,13-16,22,26H,5,10-12H2,1-4H3,(H,25,27)/t15-,16+,22+/m0/s1. The van der Waals surface area contributed by atoms with Gasteiger partial charge in [0, 0.05) is 13.0 Å². The van der Waals surface area contributed by atoms with Gasteiger partial charge in [0.05, 0.1) is 24.9 Å². The maximum absolute atomic E-state index is 12.6. The molecule has 2 aromatic rings. The molecule has 5 nitrogen and oxygen atoms in total. The largest absolute Gasteiger partial charge is 0.507 e. The molecule has 0 unspecified atom stereocenters. The number of rotatable bonds is 6. The van der Waals surface area contributed by atoms with Gasteiger partial charge in [-0.25, -0.2) is 0 Å². The average Bonchev–Trinajstić information content (AvgIpc) is 2.69. The summed E-state index contributed by atoms with van der Waals surface area (Å²) in [5.74, 6) is 1.11. The average molecular weight is 398 g/mol. The van der Waals surface area contributed by atoms with Gasteiger partial charge in [0.15, 0.2) is 0 Å². The first-order chi connectivity index (χ1) is 13.9. The van der Waals surface area contributed by atoms with E-state index in [1.807, 2.05) is 37.3 Å². The summed E-state index contributed by atoms with van der Waals surface area (Å²) in [6.45, 7) is 6.69. The monoisotopic (exact) mass is 397 g/mol. The third kappa shape index (κ3) is 5.10. The molecule has 0 aliphatic carbocycles. The Bertz CT molecular complexity index is 837. The highest BCUT2D eigenvalue weighted by atomic mass is 16.5. The van der Waals surface area contributed by atoms with Crippen molar-refractivity contribution >= 4 is 5.91 Å². The maximum Gasteiger partial charge on any atom is 0.255 e. The summed E-state index contributed by atoms with van der Waals surface area (Å²) >= 11 is 0. The van der Waals surface area contributed by atoms with E-state index in [0.717, 1.165) is 35.3 Å². The minimum Gasteiger partial charge on any atom is -0.507 e. The molecule has 1 saturated heterocycles. The second-order valence-corrected chi connectivity index (χ2v) is 7.97. The molecule has 0 aromatic heterocycles. The van der Waals surface area contributed by atoms with E-state index in [1.54, 1.807) is 13.2 Å². The van der Waals surface area contributed by atoms with Gasteiger partial charge in [-0.1, -0.05) is 19.1 Å². The summed E-state index contributed by atoms with van der Waals surface area (Å²) in [6.07, 6.45) is 2.57. The Kier molecular flexibility index (Phi) is 6.80. The molecule has 2 aromatic carbocycles. The van der Waals surface area contributed by atoms with Gasteiger partial charge in [0.25, 0.3) is 5.91 Å². The number of carbonyl (C=O) groups is 1. The van der Waals surface area contributed by atoms with Crippen LogP contribution in [0.4, 0.5) is 0 Å². The van der Waals surface area contributed by atoms with Crippen molar-refractivity contribution < 1.29 is 19.4 Å². The lowest BCUT2D eigenvalue weighted by Crippen LogP contribution is -2.26. The van der Waals surface area contributed by atoms with E-state index >= 15 is 0 Å². The highest BCUT2D eigenvalue weighted by Crippen LogP contribution is 2.38. The molecule has 3 rings (SSSR count). The SMILES string of the molecule is CCNC(=O)c1cc([C@H]2C[C@@H](C)C[C@@H](C)O2)cc(Cc2ccc(OC)cc2)c1O. The van der Waals surface area contributed by atoms with Crippen molar-refractivity contribution in [3.8, 4) is 11.5 Å². The van der Waals surface area contributed by atoms with E-state index in [2.05, 4.69) is 19.2 Å². The maximum atomic E-state index is 12.6. The van der Waals surface area contributed by atoms with Crippen LogP contribution in [0, 0.1) is 5.92 Å². The van der Waals surface area contributed by atoms with Crippen LogP contribution in [0.3, 0.4) is 0 Å². The number of carbonyl (C=O) groups excluding carboxylic acids is 1. The third-order valence-electron chi connectivity index (χ3n) is 5.47. The second kappa shape index (κ2) is 9.31. The smallest absolute Gasteiger partial charge is 0.255 e. The number of aromatic hydroxyl groups is 1. The number of phenolic OH excluding ortho intramolecular Hbond substituents is 1. The van der Waals surface area contributed by atoms with Crippen molar-refractivity contribution in [2.75, 3.05) is 13.7 Å². The van der Waals surface area contributed by atoms with E-state index < -0.39 is 0 Å². The lowest BCUT2D eigenvalue weighted by molar-refractivity contribution is -0.0604. The van der Waals surface area contributed by atoms with E-state index in [0.29, 0.717) is 24.4 Å². The van der Waals surface area contributed by atoms with Crippen LogP contribution >= 0.6 is 0 Å². The lowest BCUT2D eigenvalue weighted by Gasteiger charge is -2.33. The number of benzene rings is 2. The van der Waals surface area contributed by atoms with Gasteiger partial charge in [-0.2, -0.15) is 0 Å². The van der Waals surface area contributed by atoms with Gasteiger partial charge >= 0.3 is 0 Å². The van der Waals surface area contributed by atoms with Crippen LogP contribution in [-0.4, -0.2) is 30.8 Å².